The maximum atomic E-state index is 15.0. The van der Waals surface area contributed by atoms with Gasteiger partial charge in [0.25, 0.3) is 0 Å². The van der Waals surface area contributed by atoms with Crippen LogP contribution in [0.25, 0.3) is 56.1 Å². The largest absolute Gasteiger partial charge is 0.354 e. The van der Waals surface area contributed by atoms with E-state index in [4.69, 9.17) is 0 Å². The second kappa shape index (κ2) is 14.4. The van der Waals surface area contributed by atoms with Crippen LogP contribution in [0.2, 0.25) is 0 Å². The highest BCUT2D eigenvalue weighted by molar-refractivity contribution is 6.36. The average molecular weight is 649 g/mol. The lowest BCUT2D eigenvalue weighted by molar-refractivity contribution is 0.627. The van der Waals surface area contributed by atoms with E-state index >= 15 is 4.39 Å². The molecule has 0 atom stereocenters. The first kappa shape index (κ1) is 32.2. The van der Waals surface area contributed by atoms with Crippen molar-refractivity contribution < 1.29 is 4.39 Å². The monoisotopic (exact) mass is 648 g/mol. The first-order valence-corrected chi connectivity index (χ1v) is 17.0. The third-order valence-electron chi connectivity index (χ3n) is 8.94. The predicted octanol–water partition coefficient (Wildman–Crippen LogP) is 12.4. The Morgan fingerprint density at radius 1 is 0.520 bits per heavy atom. The number of benzene rings is 7. The van der Waals surface area contributed by atoms with Crippen LogP contribution in [0.3, 0.4) is 0 Å². The molecule has 1 heterocycles. The van der Waals surface area contributed by atoms with Gasteiger partial charge < -0.3 is 5.32 Å². The smallest absolute Gasteiger partial charge is 0.123 e. The molecule has 0 amide bonds. The van der Waals surface area contributed by atoms with Gasteiger partial charge in [-0.15, -0.1) is 0 Å². The highest BCUT2D eigenvalue weighted by Crippen LogP contribution is 2.38. The molecule has 50 heavy (non-hydrogen) atoms. The van der Waals surface area contributed by atoms with Crippen molar-refractivity contribution in [1.82, 2.24) is 5.32 Å². The van der Waals surface area contributed by atoms with Crippen molar-refractivity contribution in [3.05, 3.63) is 203 Å². The summed E-state index contributed by atoms with van der Waals surface area (Å²) in [6, 6.07) is 56.4. The summed E-state index contributed by atoms with van der Waals surface area (Å²) in [5, 5.41) is 15.9. The number of halogens is 1. The van der Waals surface area contributed by atoms with Crippen molar-refractivity contribution >= 4 is 39.5 Å². The van der Waals surface area contributed by atoms with Crippen molar-refractivity contribution in [2.24, 2.45) is 0 Å². The summed E-state index contributed by atoms with van der Waals surface area (Å²) >= 11 is 0. The summed E-state index contributed by atoms with van der Waals surface area (Å²) in [5.41, 5.74) is 11.1. The van der Waals surface area contributed by atoms with E-state index in [9.17, 15) is 5.41 Å². The number of rotatable bonds is 6. The zero-order valence-electron chi connectivity index (χ0n) is 28.1. The number of hydrogen-bond donors (Lipinski definition) is 2. The molecule has 2 N–H and O–H groups in total. The SMILES string of the molecule is CC.N=C(/C(=C1\NC(c2ccccc2)=Cc2ccc(F)cc21)c1cccc(-c2cccc3ccccc23)c1)c1cccc(-c2ccccc2)c1. The van der Waals surface area contributed by atoms with Gasteiger partial charge in [0.1, 0.15) is 5.82 Å². The van der Waals surface area contributed by atoms with Crippen LogP contribution >= 0.6 is 0 Å². The summed E-state index contributed by atoms with van der Waals surface area (Å²) in [6.07, 6.45) is 2.05. The average Bonchev–Trinajstić information content (AvgIpc) is 3.19. The molecule has 7 aromatic rings. The third-order valence-corrected chi connectivity index (χ3v) is 8.94. The molecule has 0 bridgehead atoms. The van der Waals surface area contributed by atoms with Crippen molar-refractivity contribution in [3.8, 4) is 22.3 Å². The van der Waals surface area contributed by atoms with Crippen molar-refractivity contribution in [3.63, 3.8) is 0 Å². The van der Waals surface area contributed by atoms with E-state index in [1.807, 2.05) is 80.6 Å². The first-order chi connectivity index (χ1) is 24.6. The van der Waals surface area contributed by atoms with Gasteiger partial charge in [-0.1, -0.05) is 159 Å². The molecule has 0 radical (unpaired) electrons. The van der Waals surface area contributed by atoms with Crippen molar-refractivity contribution in [1.29, 1.82) is 5.41 Å². The van der Waals surface area contributed by atoms with E-state index in [0.29, 0.717) is 22.5 Å². The molecule has 242 valence electrons. The standard InChI is InChI=1S/C45H31FN2.C2H6/c46-38-25-24-35-28-42(32-15-5-2-6-16-32)48-45(41(35)29-38)43(44(47)37-21-9-18-33(26-37)30-12-3-1-4-13-30)36-20-10-19-34(27-36)40-23-11-17-31-14-7-8-22-39(31)40;1-2/h1-29,47-48H;1-2H3/b45-43-,47-44?;. The zero-order chi connectivity index (χ0) is 34.5. The van der Waals surface area contributed by atoms with E-state index in [1.54, 1.807) is 6.07 Å². The quantitative estimate of drug-likeness (QED) is 0.173. The summed E-state index contributed by atoms with van der Waals surface area (Å²) in [4.78, 5) is 0. The Hall–Kier alpha value is -6.32. The van der Waals surface area contributed by atoms with Gasteiger partial charge >= 0.3 is 0 Å². The van der Waals surface area contributed by atoms with Crippen LogP contribution in [-0.4, -0.2) is 5.71 Å². The molecule has 0 aromatic heterocycles. The van der Waals surface area contributed by atoms with Crippen LogP contribution in [0.15, 0.2) is 170 Å². The fourth-order valence-electron chi connectivity index (χ4n) is 6.60. The van der Waals surface area contributed by atoms with Gasteiger partial charge in [-0.2, -0.15) is 0 Å². The van der Waals surface area contributed by atoms with E-state index < -0.39 is 0 Å². The number of fused-ring (bicyclic) bond motifs is 2. The molecule has 2 nitrogen and oxygen atoms in total. The Balaban J connectivity index is 0.00000193. The minimum absolute atomic E-state index is 0.328. The van der Waals surface area contributed by atoms with Gasteiger partial charge in [0.15, 0.2) is 0 Å². The Labute approximate surface area is 293 Å². The fraction of sp³-hybridized carbons (Fsp3) is 0.0426. The van der Waals surface area contributed by atoms with Gasteiger partial charge in [0.2, 0.25) is 0 Å². The molecular formula is C47H37FN2. The van der Waals surface area contributed by atoms with Crippen molar-refractivity contribution in [2.75, 3.05) is 0 Å². The second-order valence-electron chi connectivity index (χ2n) is 12.0. The summed E-state index contributed by atoms with van der Waals surface area (Å²) in [6.45, 7) is 4.00. The van der Waals surface area contributed by atoms with E-state index in [1.165, 1.54) is 11.5 Å². The maximum Gasteiger partial charge on any atom is 0.123 e. The Morgan fingerprint density at radius 2 is 1.12 bits per heavy atom. The van der Waals surface area contributed by atoms with Crippen LogP contribution in [0, 0.1) is 11.2 Å². The predicted molar refractivity (Wildman–Crippen MR) is 210 cm³/mol. The molecule has 0 unspecified atom stereocenters. The summed E-state index contributed by atoms with van der Waals surface area (Å²) in [5.74, 6) is -0.328. The van der Waals surface area contributed by atoms with E-state index in [0.717, 1.165) is 55.6 Å². The highest BCUT2D eigenvalue weighted by atomic mass is 19.1. The maximum absolute atomic E-state index is 15.0. The fourth-order valence-corrected chi connectivity index (χ4v) is 6.60. The first-order valence-electron chi connectivity index (χ1n) is 17.0. The van der Waals surface area contributed by atoms with E-state index in [2.05, 4.69) is 102 Å². The number of nitrogens with one attached hydrogen (secondary N) is 2. The lowest BCUT2D eigenvalue weighted by Crippen LogP contribution is -2.20. The molecule has 1 aliphatic heterocycles. The second-order valence-corrected chi connectivity index (χ2v) is 12.0. The van der Waals surface area contributed by atoms with Gasteiger partial charge in [-0.05, 0) is 80.1 Å². The third kappa shape index (κ3) is 6.42. The molecule has 0 saturated heterocycles. The Kier molecular flexibility index (Phi) is 9.30. The molecule has 8 rings (SSSR count). The van der Waals surface area contributed by atoms with Crippen LogP contribution in [0.1, 0.15) is 41.7 Å². The lowest BCUT2D eigenvalue weighted by Gasteiger charge is -2.26. The van der Waals surface area contributed by atoms with Crippen LogP contribution in [-0.2, 0) is 0 Å². The van der Waals surface area contributed by atoms with Gasteiger partial charge in [-0.25, -0.2) is 4.39 Å². The molecule has 0 spiro atoms. The van der Waals surface area contributed by atoms with Crippen molar-refractivity contribution in [2.45, 2.75) is 13.8 Å². The van der Waals surface area contributed by atoms with Gasteiger partial charge in [0.05, 0.1) is 11.4 Å². The zero-order valence-corrected chi connectivity index (χ0v) is 28.1. The van der Waals surface area contributed by atoms with Crippen LogP contribution in [0.5, 0.6) is 0 Å². The molecule has 0 aliphatic carbocycles. The molecule has 0 fully saturated rings. The molecule has 1 aliphatic rings. The molecular weight excluding hydrogens is 612 g/mol. The highest BCUT2D eigenvalue weighted by Gasteiger charge is 2.25. The molecule has 3 heteroatoms. The van der Waals surface area contributed by atoms with E-state index in [-0.39, 0.29) is 5.82 Å². The molecule has 0 saturated carbocycles. The number of allylic oxidation sites excluding steroid dienone is 1. The van der Waals surface area contributed by atoms with Crippen LogP contribution in [0.4, 0.5) is 4.39 Å². The Morgan fingerprint density at radius 3 is 1.90 bits per heavy atom. The normalized spacial score (nSPS) is 12.9. The molecule has 7 aromatic carbocycles. The van der Waals surface area contributed by atoms with Gasteiger partial charge in [0, 0.05) is 22.4 Å². The summed E-state index contributed by atoms with van der Waals surface area (Å²) < 4.78 is 15.0. The van der Waals surface area contributed by atoms with Crippen LogP contribution < -0.4 is 5.32 Å². The minimum Gasteiger partial charge on any atom is -0.354 e. The minimum atomic E-state index is -0.328. The Bertz CT molecular complexity index is 2380. The topological polar surface area (TPSA) is 35.9 Å². The lowest BCUT2D eigenvalue weighted by atomic mass is 9.86. The van der Waals surface area contributed by atoms with Gasteiger partial charge in [-0.3, -0.25) is 5.41 Å². The summed E-state index contributed by atoms with van der Waals surface area (Å²) in [7, 11) is 0. The number of hydrogen-bond acceptors (Lipinski definition) is 2.